The summed E-state index contributed by atoms with van der Waals surface area (Å²) >= 11 is 0. The summed E-state index contributed by atoms with van der Waals surface area (Å²) in [4.78, 5) is 11.8. The maximum atomic E-state index is 11.8. The predicted octanol–water partition coefficient (Wildman–Crippen LogP) is 4.09. The van der Waals surface area contributed by atoms with Gasteiger partial charge in [-0.25, -0.2) is 0 Å². The first kappa shape index (κ1) is 17.5. The lowest BCUT2D eigenvalue weighted by molar-refractivity contribution is -0.121. The summed E-state index contributed by atoms with van der Waals surface area (Å²) in [5.41, 5.74) is 1.13. The van der Waals surface area contributed by atoms with Crippen molar-refractivity contribution >= 4 is 5.91 Å². The van der Waals surface area contributed by atoms with Crippen LogP contribution in [-0.4, -0.2) is 18.6 Å². The molecule has 3 nitrogen and oxygen atoms in total. The van der Waals surface area contributed by atoms with Crippen molar-refractivity contribution in [2.24, 2.45) is 5.92 Å². The molecule has 1 unspecified atom stereocenters. The van der Waals surface area contributed by atoms with Gasteiger partial charge in [0.05, 0.1) is 6.61 Å². The van der Waals surface area contributed by atoms with Crippen molar-refractivity contribution in [2.45, 2.75) is 59.4 Å². The van der Waals surface area contributed by atoms with Crippen LogP contribution in [0.4, 0.5) is 0 Å². The van der Waals surface area contributed by atoms with Crippen LogP contribution in [0.3, 0.4) is 0 Å². The number of nitrogens with one attached hydrogen (secondary N) is 1. The van der Waals surface area contributed by atoms with Crippen LogP contribution < -0.4 is 10.1 Å². The molecule has 0 radical (unpaired) electrons. The maximum absolute atomic E-state index is 11.8. The zero-order valence-electron chi connectivity index (χ0n) is 13.8. The van der Waals surface area contributed by atoms with E-state index >= 15 is 0 Å². The lowest BCUT2D eigenvalue weighted by Gasteiger charge is -2.15. The quantitative estimate of drug-likeness (QED) is 0.696. The van der Waals surface area contributed by atoms with E-state index in [9.17, 15) is 4.79 Å². The fourth-order valence-corrected chi connectivity index (χ4v) is 2.14. The maximum Gasteiger partial charge on any atom is 0.220 e. The molecule has 0 spiro atoms. The van der Waals surface area contributed by atoms with Crippen molar-refractivity contribution in [3.05, 3.63) is 29.8 Å². The van der Waals surface area contributed by atoms with E-state index in [-0.39, 0.29) is 11.9 Å². The van der Waals surface area contributed by atoms with E-state index in [1.54, 1.807) is 0 Å². The number of ether oxygens (including phenoxy) is 1. The smallest absolute Gasteiger partial charge is 0.220 e. The highest BCUT2D eigenvalue weighted by Gasteiger charge is 2.08. The summed E-state index contributed by atoms with van der Waals surface area (Å²) in [6, 6.07) is 8.21. The summed E-state index contributed by atoms with van der Waals surface area (Å²) in [6.45, 7) is 9.09. The molecule has 1 aromatic rings. The fraction of sp³-hybridized carbons (Fsp3) is 0.611. The molecule has 0 aliphatic rings. The Balaban J connectivity index is 2.15. The van der Waals surface area contributed by atoms with Crippen molar-refractivity contribution in [3.63, 3.8) is 0 Å². The Morgan fingerprint density at radius 1 is 1.19 bits per heavy atom. The molecule has 0 heterocycles. The molecule has 1 aromatic carbocycles. The van der Waals surface area contributed by atoms with Crippen LogP contribution in [0.15, 0.2) is 24.3 Å². The number of carbonyl (C=O) groups is 1. The second-order valence-electron chi connectivity index (χ2n) is 6.16. The summed E-state index contributed by atoms with van der Waals surface area (Å²) in [5, 5.41) is 3.05. The van der Waals surface area contributed by atoms with Gasteiger partial charge in [0, 0.05) is 12.5 Å². The zero-order chi connectivity index (χ0) is 15.7. The van der Waals surface area contributed by atoms with Crippen molar-refractivity contribution in [1.29, 1.82) is 0 Å². The molecule has 1 N–H and O–H groups in total. The van der Waals surface area contributed by atoms with Gasteiger partial charge in [-0.15, -0.1) is 0 Å². The van der Waals surface area contributed by atoms with E-state index in [0.717, 1.165) is 30.6 Å². The van der Waals surface area contributed by atoms with Crippen LogP contribution in [0.1, 0.15) is 52.0 Å². The standard InChI is InChI=1S/C18H29NO2/c1-14(2)11-12-16(4)19-18(20)10-7-13-21-17-9-6-5-8-15(17)3/h5-6,8-9,14,16H,7,10-13H2,1-4H3,(H,19,20). The minimum atomic E-state index is 0.125. The van der Waals surface area contributed by atoms with E-state index in [1.807, 2.05) is 31.2 Å². The molecule has 0 fully saturated rings. The Kier molecular flexibility index (Phi) is 7.88. The number of carbonyl (C=O) groups excluding carboxylic acids is 1. The topological polar surface area (TPSA) is 38.3 Å². The van der Waals surface area contributed by atoms with E-state index in [1.165, 1.54) is 0 Å². The molecule has 0 bridgehead atoms. The predicted molar refractivity (Wildman–Crippen MR) is 87.6 cm³/mol. The first-order valence-electron chi connectivity index (χ1n) is 7.97. The molecule has 0 saturated heterocycles. The number of aryl methyl sites for hydroxylation is 1. The molecular formula is C18H29NO2. The van der Waals surface area contributed by atoms with Gasteiger partial charge >= 0.3 is 0 Å². The van der Waals surface area contributed by atoms with Crippen LogP contribution in [0, 0.1) is 12.8 Å². The number of hydrogen-bond acceptors (Lipinski definition) is 2. The van der Waals surface area contributed by atoms with Gasteiger partial charge in [-0.1, -0.05) is 32.0 Å². The Morgan fingerprint density at radius 3 is 2.57 bits per heavy atom. The van der Waals surface area contributed by atoms with Crippen LogP contribution in [0.2, 0.25) is 0 Å². The van der Waals surface area contributed by atoms with Crippen molar-refractivity contribution in [2.75, 3.05) is 6.61 Å². The molecule has 0 aliphatic heterocycles. The molecule has 3 heteroatoms. The largest absolute Gasteiger partial charge is 0.493 e. The number of rotatable bonds is 9. The van der Waals surface area contributed by atoms with Gasteiger partial charge in [-0.2, -0.15) is 0 Å². The Morgan fingerprint density at radius 2 is 1.90 bits per heavy atom. The highest BCUT2D eigenvalue weighted by atomic mass is 16.5. The average molecular weight is 291 g/mol. The number of hydrogen-bond donors (Lipinski definition) is 1. The lowest BCUT2D eigenvalue weighted by Crippen LogP contribution is -2.32. The lowest BCUT2D eigenvalue weighted by atomic mass is 10.0. The molecule has 1 rings (SSSR count). The third kappa shape index (κ3) is 7.74. The van der Waals surface area contributed by atoms with Gasteiger partial charge in [0.15, 0.2) is 0 Å². The molecule has 0 saturated carbocycles. The first-order chi connectivity index (χ1) is 9.99. The highest BCUT2D eigenvalue weighted by molar-refractivity contribution is 5.76. The zero-order valence-corrected chi connectivity index (χ0v) is 13.8. The molecule has 1 atom stereocenters. The van der Waals surface area contributed by atoms with Crippen molar-refractivity contribution < 1.29 is 9.53 Å². The molecule has 0 aromatic heterocycles. The highest BCUT2D eigenvalue weighted by Crippen LogP contribution is 2.16. The Bertz CT molecular complexity index is 429. The van der Waals surface area contributed by atoms with Crippen molar-refractivity contribution in [1.82, 2.24) is 5.32 Å². The third-order valence-electron chi connectivity index (χ3n) is 3.48. The van der Waals surface area contributed by atoms with Gasteiger partial charge in [0.1, 0.15) is 5.75 Å². The van der Waals surface area contributed by atoms with Crippen LogP contribution in [0.5, 0.6) is 5.75 Å². The van der Waals surface area contributed by atoms with E-state index < -0.39 is 0 Å². The minimum absolute atomic E-state index is 0.125. The van der Waals surface area contributed by atoms with Gasteiger partial charge in [0.2, 0.25) is 5.91 Å². The first-order valence-corrected chi connectivity index (χ1v) is 7.97. The minimum Gasteiger partial charge on any atom is -0.493 e. The van der Waals surface area contributed by atoms with Gasteiger partial charge in [-0.3, -0.25) is 4.79 Å². The second-order valence-corrected chi connectivity index (χ2v) is 6.16. The summed E-state index contributed by atoms with van der Waals surface area (Å²) in [6.07, 6.45) is 3.47. The van der Waals surface area contributed by atoms with Gasteiger partial charge in [0.25, 0.3) is 0 Å². The van der Waals surface area contributed by atoms with E-state index in [4.69, 9.17) is 4.74 Å². The summed E-state index contributed by atoms with van der Waals surface area (Å²) in [5.74, 6) is 1.72. The monoisotopic (exact) mass is 291 g/mol. The Labute approximate surface area is 129 Å². The van der Waals surface area contributed by atoms with E-state index in [0.29, 0.717) is 18.9 Å². The molecule has 1 amide bonds. The molecule has 21 heavy (non-hydrogen) atoms. The van der Waals surface area contributed by atoms with Crippen LogP contribution in [0.25, 0.3) is 0 Å². The van der Waals surface area contributed by atoms with Gasteiger partial charge < -0.3 is 10.1 Å². The normalized spacial score (nSPS) is 12.2. The molecule has 118 valence electrons. The second kappa shape index (κ2) is 9.43. The number of benzene rings is 1. The summed E-state index contributed by atoms with van der Waals surface area (Å²) in [7, 11) is 0. The van der Waals surface area contributed by atoms with Crippen LogP contribution in [-0.2, 0) is 4.79 Å². The number of para-hydroxylation sites is 1. The molecule has 0 aliphatic carbocycles. The average Bonchev–Trinajstić information content (AvgIpc) is 2.43. The third-order valence-corrected chi connectivity index (χ3v) is 3.48. The van der Waals surface area contributed by atoms with E-state index in [2.05, 4.69) is 26.1 Å². The van der Waals surface area contributed by atoms with Gasteiger partial charge in [-0.05, 0) is 50.7 Å². The molecular weight excluding hydrogens is 262 g/mol. The van der Waals surface area contributed by atoms with Crippen molar-refractivity contribution in [3.8, 4) is 5.75 Å². The van der Waals surface area contributed by atoms with Crippen LogP contribution >= 0.6 is 0 Å². The summed E-state index contributed by atoms with van der Waals surface area (Å²) < 4.78 is 5.69. The Hall–Kier alpha value is -1.51. The fourth-order valence-electron chi connectivity index (χ4n) is 2.14. The number of amides is 1. The SMILES string of the molecule is Cc1ccccc1OCCCC(=O)NC(C)CCC(C)C.